The second-order valence-electron chi connectivity index (χ2n) is 1.95. The first-order valence-corrected chi connectivity index (χ1v) is 3.13. The second kappa shape index (κ2) is 3.88. The summed E-state index contributed by atoms with van der Waals surface area (Å²) in [5, 5.41) is 8.98. The second-order valence-corrected chi connectivity index (χ2v) is 1.95. The molecule has 0 bridgehead atoms. The van der Waals surface area contributed by atoms with E-state index < -0.39 is 0 Å². The molecule has 57 valence electrons. The molecule has 3 nitrogen and oxygen atoms in total. The Morgan fingerprint density at radius 3 is 2.91 bits per heavy atom. The summed E-state index contributed by atoms with van der Waals surface area (Å²) in [7, 11) is 2.68. The van der Waals surface area contributed by atoms with Gasteiger partial charge < -0.3 is 14.4 Å². The van der Waals surface area contributed by atoms with Crippen LogP contribution in [0.3, 0.4) is 0 Å². The van der Waals surface area contributed by atoms with Gasteiger partial charge in [0.15, 0.2) is 0 Å². The van der Waals surface area contributed by atoms with Crippen LogP contribution in [0.25, 0.3) is 0 Å². The van der Waals surface area contributed by atoms with E-state index in [9.17, 15) is 0 Å². The smallest absolute Gasteiger partial charge is 0.537 e. The Kier molecular flexibility index (Phi) is 2.80. The van der Waals surface area contributed by atoms with Gasteiger partial charge in [-0.3, -0.25) is 0 Å². The van der Waals surface area contributed by atoms with Crippen molar-refractivity contribution in [3.05, 3.63) is 24.3 Å². The summed E-state index contributed by atoms with van der Waals surface area (Å²) >= 11 is 0. The van der Waals surface area contributed by atoms with Crippen LogP contribution in [0.15, 0.2) is 24.3 Å². The van der Waals surface area contributed by atoms with Crippen LogP contribution in [0.2, 0.25) is 0 Å². The largest absolute Gasteiger partial charge is 0.572 e. The van der Waals surface area contributed by atoms with Crippen molar-refractivity contribution in [3.63, 3.8) is 0 Å². The van der Waals surface area contributed by atoms with Gasteiger partial charge in [-0.15, -0.1) is 0 Å². The SMILES string of the molecule is CO[B]Oc1cccc(O)c1. The molecule has 1 aromatic rings. The quantitative estimate of drug-likeness (QED) is 0.653. The van der Waals surface area contributed by atoms with Crippen LogP contribution in [0.4, 0.5) is 0 Å². The fraction of sp³-hybridized carbons (Fsp3) is 0.143. The van der Waals surface area contributed by atoms with Crippen molar-refractivity contribution in [2.24, 2.45) is 0 Å². The summed E-state index contributed by atoms with van der Waals surface area (Å²) in [4.78, 5) is 0. The van der Waals surface area contributed by atoms with Crippen LogP contribution in [0.5, 0.6) is 11.5 Å². The predicted molar refractivity (Wildman–Crippen MR) is 41.5 cm³/mol. The van der Waals surface area contributed by atoms with Crippen LogP contribution < -0.4 is 4.65 Å². The molecule has 0 fully saturated rings. The van der Waals surface area contributed by atoms with E-state index in [1.54, 1.807) is 18.2 Å². The van der Waals surface area contributed by atoms with Crippen molar-refractivity contribution in [1.29, 1.82) is 0 Å². The average molecular weight is 151 g/mol. The zero-order valence-corrected chi connectivity index (χ0v) is 6.15. The molecule has 0 saturated carbocycles. The number of benzene rings is 1. The summed E-state index contributed by atoms with van der Waals surface area (Å²) in [6.07, 6.45) is 0. The van der Waals surface area contributed by atoms with Crippen molar-refractivity contribution >= 4 is 7.69 Å². The van der Waals surface area contributed by atoms with Gasteiger partial charge in [0.2, 0.25) is 0 Å². The number of hydrogen-bond acceptors (Lipinski definition) is 3. The zero-order chi connectivity index (χ0) is 8.10. The van der Waals surface area contributed by atoms with Crippen LogP contribution in [-0.4, -0.2) is 19.9 Å². The van der Waals surface area contributed by atoms with E-state index in [4.69, 9.17) is 9.76 Å². The van der Waals surface area contributed by atoms with Gasteiger partial charge >= 0.3 is 7.69 Å². The minimum atomic E-state index is 0.173. The molecule has 0 spiro atoms. The Morgan fingerprint density at radius 2 is 2.27 bits per heavy atom. The highest BCUT2D eigenvalue weighted by atomic mass is 16.6. The lowest BCUT2D eigenvalue weighted by Gasteiger charge is -2.01. The van der Waals surface area contributed by atoms with Gasteiger partial charge in [-0.2, -0.15) is 0 Å². The lowest BCUT2D eigenvalue weighted by Crippen LogP contribution is -2.03. The fourth-order valence-electron chi connectivity index (χ4n) is 0.660. The molecular weight excluding hydrogens is 143 g/mol. The maximum Gasteiger partial charge on any atom is 0.572 e. The Morgan fingerprint density at radius 1 is 1.45 bits per heavy atom. The number of hydrogen-bond donors (Lipinski definition) is 1. The highest BCUT2D eigenvalue weighted by molar-refractivity contribution is 6.19. The molecule has 1 rings (SSSR count). The van der Waals surface area contributed by atoms with Crippen LogP contribution in [0, 0.1) is 0 Å². The first kappa shape index (κ1) is 7.95. The minimum Gasteiger partial charge on any atom is -0.537 e. The lowest BCUT2D eigenvalue weighted by molar-refractivity contribution is 0.365. The molecule has 1 aromatic carbocycles. The molecule has 0 atom stereocenters. The molecule has 0 aliphatic heterocycles. The number of aromatic hydroxyl groups is 1. The van der Waals surface area contributed by atoms with Gasteiger partial charge in [0, 0.05) is 13.2 Å². The minimum absolute atomic E-state index is 0.173. The standard InChI is InChI=1S/C7H8BO3/c1-10-8-11-7-4-2-3-6(9)5-7/h2-5,9H,1H3. The highest BCUT2D eigenvalue weighted by Crippen LogP contribution is 2.16. The molecule has 0 unspecified atom stereocenters. The predicted octanol–water partition coefficient (Wildman–Crippen LogP) is 0.952. The third-order valence-electron chi connectivity index (χ3n) is 1.10. The molecule has 1 N–H and O–H groups in total. The van der Waals surface area contributed by atoms with E-state index in [-0.39, 0.29) is 5.75 Å². The maximum absolute atomic E-state index is 8.98. The maximum atomic E-state index is 8.98. The van der Waals surface area contributed by atoms with Gasteiger partial charge in [-0.1, -0.05) is 6.07 Å². The van der Waals surface area contributed by atoms with Gasteiger partial charge in [0.25, 0.3) is 0 Å². The van der Waals surface area contributed by atoms with E-state index in [2.05, 4.69) is 4.65 Å². The van der Waals surface area contributed by atoms with Crippen LogP contribution in [0.1, 0.15) is 0 Å². The summed E-state index contributed by atoms with van der Waals surface area (Å²) in [5.41, 5.74) is 0. The van der Waals surface area contributed by atoms with E-state index in [1.165, 1.54) is 20.9 Å². The molecule has 0 amide bonds. The number of phenols is 1. The fourth-order valence-corrected chi connectivity index (χ4v) is 0.660. The molecule has 4 heteroatoms. The van der Waals surface area contributed by atoms with Gasteiger partial charge in [-0.05, 0) is 12.1 Å². The Labute approximate surface area is 65.9 Å². The first-order chi connectivity index (χ1) is 5.33. The van der Waals surface area contributed by atoms with E-state index >= 15 is 0 Å². The number of phenolic OH excluding ortho intramolecular Hbond substituents is 1. The third kappa shape index (κ3) is 2.51. The Balaban J connectivity index is 2.56. The molecule has 11 heavy (non-hydrogen) atoms. The monoisotopic (exact) mass is 151 g/mol. The van der Waals surface area contributed by atoms with Crippen molar-refractivity contribution in [2.45, 2.75) is 0 Å². The molecular formula is C7H8BO3. The van der Waals surface area contributed by atoms with Crippen molar-refractivity contribution in [3.8, 4) is 11.5 Å². The summed E-state index contributed by atoms with van der Waals surface area (Å²) in [5.74, 6) is 0.721. The van der Waals surface area contributed by atoms with Crippen molar-refractivity contribution in [1.82, 2.24) is 0 Å². The Bertz CT molecular complexity index is 227. The summed E-state index contributed by atoms with van der Waals surface area (Å²) < 4.78 is 9.49. The summed E-state index contributed by atoms with van der Waals surface area (Å²) in [6.45, 7) is 0. The third-order valence-corrected chi connectivity index (χ3v) is 1.10. The molecule has 0 aromatic heterocycles. The Hall–Kier alpha value is -1.16. The van der Waals surface area contributed by atoms with Crippen molar-refractivity contribution in [2.75, 3.05) is 7.11 Å². The number of rotatable bonds is 3. The molecule has 0 saturated heterocycles. The average Bonchev–Trinajstić information content (AvgIpc) is 2.01. The van der Waals surface area contributed by atoms with E-state index in [1.807, 2.05) is 0 Å². The molecule has 0 aliphatic carbocycles. The van der Waals surface area contributed by atoms with Gasteiger partial charge in [0.05, 0.1) is 0 Å². The van der Waals surface area contributed by atoms with Gasteiger partial charge in [0.1, 0.15) is 11.5 Å². The van der Waals surface area contributed by atoms with E-state index in [0.717, 1.165) is 0 Å². The summed E-state index contributed by atoms with van der Waals surface area (Å²) in [6, 6.07) is 6.47. The van der Waals surface area contributed by atoms with E-state index in [0.29, 0.717) is 5.75 Å². The lowest BCUT2D eigenvalue weighted by atomic mass is 10.3. The van der Waals surface area contributed by atoms with Gasteiger partial charge in [-0.25, -0.2) is 0 Å². The molecule has 0 aliphatic rings. The van der Waals surface area contributed by atoms with Crippen molar-refractivity contribution < 1.29 is 14.4 Å². The zero-order valence-electron chi connectivity index (χ0n) is 6.15. The molecule has 1 radical (unpaired) electrons. The van der Waals surface area contributed by atoms with Crippen LogP contribution >= 0.6 is 0 Å². The molecule has 0 heterocycles. The van der Waals surface area contributed by atoms with Crippen LogP contribution in [-0.2, 0) is 4.65 Å². The topological polar surface area (TPSA) is 38.7 Å². The normalized spacial score (nSPS) is 9.18. The first-order valence-electron chi connectivity index (χ1n) is 3.13. The highest BCUT2D eigenvalue weighted by Gasteiger charge is 1.95.